The van der Waals surface area contributed by atoms with Crippen molar-refractivity contribution < 1.29 is 14.6 Å². The molecule has 4 nitrogen and oxygen atoms in total. The number of carbonyl (C=O) groups excluding carboxylic acids is 1. The Hall–Kier alpha value is -2.36. The first-order valence-corrected chi connectivity index (χ1v) is 7.14. The van der Waals surface area contributed by atoms with E-state index in [2.05, 4.69) is 42.6 Å². The van der Waals surface area contributed by atoms with Crippen LogP contribution in [0.25, 0.3) is 6.08 Å². The Morgan fingerprint density at radius 1 is 1.23 bits per heavy atom. The van der Waals surface area contributed by atoms with E-state index in [0.29, 0.717) is 11.4 Å². The fourth-order valence-corrected chi connectivity index (χ4v) is 2.27. The number of benzene rings is 1. The molecule has 2 rings (SSSR count). The van der Waals surface area contributed by atoms with E-state index in [9.17, 15) is 9.90 Å². The van der Waals surface area contributed by atoms with E-state index in [1.807, 2.05) is 12.1 Å². The first-order chi connectivity index (χ1) is 10.2. The number of aliphatic hydroxyl groups is 1. The highest BCUT2D eigenvalue weighted by Gasteiger charge is 2.27. The fourth-order valence-electron chi connectivity index (χ4n) is 2.27. The molecule has 0 fully saturated rings. The molecule has 0 amide bonds. The van der Waals surface area contributed by atoms with Crippen LogP contribution in [0.2, 0.25) is 0 Å². The summed E-state index contributed by atoms with van der Waals surface area (Å²) in [5, 5.41) is 10.2. The molecule has 0 saturated heterocycles. The zero-order valence-electron chi connectivity index (χ0n) is 13.6. The summed E-state index contributed by atoms with van der Waals surface area (Å²) in [6, 6.07) is 8.06. The van der Waals surface area contributed by atoms with Gasteiger partial charge in [0.05, 0.1) is 12.8 Å². The maximum Gasteiger partial charge on any atom is 0.343 e. The summed E-state index contributed by atoms with van der Waals surface area (Å²) >= 11 is 0. The minimum atomic E-state index is -0.578. The van der Waals surface area contributed by atoms with E-state index in [4.69, 9.17) is 0 Å². The first kappa shape index (κ1) is 16.0. The van der Waals surface area contributed by atoms with Gasteiger partial charge in [0.1, 0.15) is 11.3 Å². The second kappa shape index (κ2) is 5.79. The third-order valence-electron chi connectivity index (χ3n) is 3.60. The molecular weight excluding hydrogens is 278 g/mol. The molecular formula is C18H21NO3. The van der Waals surface area contributed by atoms with Crippen LogP contribution in [-0.2, 0) is 14.9 Å². The topological polar surface area (TPSA) is 58.9 Å². The third kappa shape index (κ3) is 3.11. The lowest BCUT2D eigenvalue weighted by molar-refractivity contribution is -0.135. The summed E-state index contributed by atoms with van der Waals surface area (Å²) in [7, 11) is 1.28. The van der Waals surface area contributed by atoms with Crippen LogP contribution in [-0.4, -0.2) is 23.9 Å². The molecule has 1 aliphatic rings. The number of ether oxygens (including phenoxy) is 1. The maximum absolute atomic E-state index is 11.6. The predicted octanol–water partition coefficient (Wildman–Crippen LogP) is 3.78. The van der Waals surface area contributed by atoms with Gasteiger partial charge in [-0.25, -0.2) is 9.79 Å². The van der Waals surface area contributed by atoms with Gasteiger partial charge in [0.25, 0.3) is 0 Å². The van der Waals surface area contributed by atoms with Gasteiger partial charge in [0, 0.05) is 0 Å². The number of hydrogen-bond acceptors (Lipinski definition) is 4. The molecule has 1 heterocycles. The Kier molecular flexibility index (Phi) is 4.22. The van der Waals surface area contributed by atoms with Gasteiger partial charge in [-0.1, -0.05) is 45.0 Å². The lowest BCUT2D eigenvalue weighted by atomic mass is 9.87. The molecule has 0 unspecified atom stereocenters. The summed E-state index contributed by atoms with van der Waals surface area (Å²) in [4.78, 5) is 15.9. The number of nitrogens with zero attached hydrogens (tertiary/aromatic N) is 1. The number of carbonyl (C=O) groups is 1. The molecule has 0 aromatic heterocycles. The van der Waals surface area contributed by atoms with Gasteiger partial charge in [-0.2, -0.15) is 0 Å². The molecule has 1 aromatic carbocycles. The predicted molar refractivity (Wildman–Crippen MR) is 87.9 cm³/mol. The van der Waals surface area contributed by atoms with E-state index in [1.54, 1.807) is 13.0 Å². The number of rotatable bonds is 2. The summed E-state index contributed by atoms with van der Waals surface area (Å²) in [6.45, 7) is 8.14. The van der Waals surface area contributed by atoms with Gasteiger partial charge in [-0.05, 0) is 29.5 Å². The average molecular weight is 299 g/mol. The van der Waals surface area contributed by atoms with Crippen molar-refractivity contribution in [3.63, 3.8) is 0 Å². The Bertz CT molecular complexity index is 686. The van der Waals surface area contributed by atoms with Crippen LogP contribution >= 0.6 is 0 Å². The zero-order chi connectivity index (χ0) is 16.5. The van der Waals surface area contributed by atoms with Crippen LogP contribution in [0, 0.1) is 0 Å². The molecule has 22 heavy (non-hydrogen) atoms. The smallest absolute Gasteiger partial charge is 0.343 e. The van der Waals surface area contributed by atoms with Crippen LogP contribution in [0.4, 0.5) is 0 Å². The van der Waals surface area contributed by atoms with Crippen molar-refractivity contribution >= 4 is 17.8 Å². The van der Waals surface area contributed by atoms with E-state index < -0.39 is 5.97 Å². The fraction of sp³-hybridized carbons (Fsp3) is 0.333. The Balaban J connectivity index is 2.35. The second-order valence-electron chi connectivity index (χ2n) is 6.31. The van der Waals surface area contributed by atoms with E-state index >= 15 is 0 Å². The van der Waals surface area contributed by atoms with Gasteiger partial charge in [-0.3, -0.25) is 0 Å². The average Bonchev–Trinajstić information content (AvgIpc) is 2.72. The van der Waals surface area contributed by atoms with Crippen molar-refractivity contribution in [2.45, 2.75) is 33.1 Å². The minimum absolute atomic E-state index is 0.0911. The van der Waals surface area contributed by atoms with E-state index in [1.165, 1.54) is 12.7 Å². The number of aliphatic imine (C=N–C) groups is 1. The molecule has 0 saturated carbocycles. The van der Waals surface area contributed by atoms with Gasteiger partial charge < -0.3 is 9.84 Å². The maximum atomic E-state index is 11.6. The number of aliphatic hydroxyl groups excluding tert-OH is 1. The molecule has 1 aliphatic heterocycles. The van der Waals surface area contributed by atoms with Crippen LogP contribution in [0.3, 0.4) is 0 Å². The van der Waals surface area contributed by atoms with E-state index in [-0.39, 0.29) is 16.7 Å². The molecule has 1 aromatic rings. The normalized spacial score (nSPS) is 17.0. The summed E-state index contributed by atoms with van der Waals surface area (Å²) < 4.78 is 4.66. The van der Waals surface area contributed by atoms with Crippen molar-refractivity contribution in [1.29, 1.82) is 0 Å². The number of esters is 1. The van der Waals surface area contributed by atoms with Crippen LogP contribution in [0.15, 0.2) is 46.3 Å². The highest BCUT2D eigenvalue weighted by Crippen LogP contribution is 2.27. The van der Waals surface area contributed by atoms with Crippen LogP contribution < -0.4 is 0 Å². The quantitative estimate of drug-likeness (QED) is 0.845. The first-order valence-electron chi connectivity index (χ1n) is 7.14. The van der Waals surface area contributed by atoms with Crippen LogP contribution in [0.1, 0.15) is 38.8 Å². The third-order valence-corrected chi connectivity index (χ3v) is 3.60. The highest BCUT2D eigenvalue weighted by molar-refractivity contribution is 6.21. The summed E-state index contributed by atoms with van der Waals surface area (Å²) in [5.41, 5.74) is 3.20. The van der Waals surface area contributed by atoms with E-state index in [0.717, 1.165) is 5.56 Å². The highest BCUT2D eigenvalue weighted by atomic mass is 16.5. The molecule has 116 valence electrons. The van der Waals surface area contributed by atoms with Crippen molar-refractivity contribution in [2.24, 2.45) is 4.99 Å². The van der Waals surface area contributed by atoms with Crippen molar-refractivity contribution in [1.82, 2.24) is 0 Å². The number of hydrogen-bond donors (Lipinski definition) is 1. The molecule has 0 bridgehead atoms. The minimum Gasteiger partial charge on any atom is -0.505 e. The van der Waals surface area contributed by atoms with Gasteiger partial charge in [0.2, 0.25) is 0 Å². The Labute approximate surface area is 130 Å². The monoisotopic (exact) mass is 299 g/mol. The van der Waals surface area contributed by atoms with Crippen molar-refractivity contribution in [3.05, 3.63) is 52.4 Å². The molecule has 1 N–H and O–H groups in total. The molecule has 4 heteroatoms. The largest absolute Gasteiger partial charge is 0.505 e. The molecule has 0 spiro atoms. The number of methoxy groups -OCH3 is 1. The molecule has 0 radical (unpaired) electrons. The molecule has 0 aliphatic carbocycles. The lowest BCUT2D eigenvalue weighted by Crippen LogP contribution is -2.11. The zero-order valence-corrected chi connectivity index (χ0v) is 13.6. The second-order valence-corrected chi connectivity index (χ2v) is 6.31. The van der Waals surface area contributed by atoms with Gasteiger partial charge >= 0.3 is 5.97 Å². The summed E-state index contributed by atoms with van der Waals surface area (Å²) in [5.74, 6) is -0.713. The standard InChI is InChI=1S/C18H21NO3/c1-11-15(17(21)22-5)16(20)14(19-11)10-12-6-8-13(9-7-12)18(2,3)4/h6-10,20H,1-5H3. The molecule has 0 atom stereocenters. The SMILES string of the molecule is COC(=O)C1=C(O)C(=Cc2ccc(C(C)(C)C)cc2)N=C1C. The summed E-state index contributed by atoms with van der Waals surface area (Å²) in [6.07, 6.45) is 1.75. The van der Waals surface area contributed by atoms with Crippen LogP contribution in [0.5, 0.6) is 0 Å². The van der Waals surface area contributed by atoms with Gasteiger partial charge in [0.15, 0.2) is 5.76 Å². The van der Waals surface area contributed by atoms with Crippen molar-refractivity contribution in [2.75, 3.05) is 7.11 Å². The lowest BCUT2D eigenvalue weighted by Gasteiger charge is -2.18. The Morgan fingerprint density at radius 3 is 2.32 bits per heavy atom. The van der Waals surface area contributed by atoms with Gasteiger partial charge in [-0.15, -0.1) is 0 Å². The Morgan fingerprint density at radius 2 is 1.82 bits per heavy atom. The van der Waals surface area contributed by atoms with Crippen molar-refractivity contribution in [3.8, 4) is 0 Å².